The van der Waals surface area contributed by atoms with Crippen molar-refractivity contribution in [2.75, 3.05) is 26.2 Å². The number of hydrogen-bond acceptors (Lipinski definition) is 3. The molecule has 1 fully saturated rings. The molecule has 2 rings (SSSR count). The number of carbonyl (C=O) groups excluding carboxylic acids is 1. The van der Waals surface area contributed by atoms with Gasteiger partial charge < -0.3 is 9.32 Å². The highest BCUT2D eigenvalue weighted by Gasteiger charge is 2.33. The van der Waals surface area contributed by atoms with E-state index >= 15 is 0 Å². The van der Waals surface area contributed by atoms with Crippen LogP contribution in [0.4, 0.5) is 13.2 Å². The molecule has 1 aliphatic rings. The predicted octanol–water partition coefficient (Wildman–Crippen LogP) is 2.77. The fraction of sp³-hybridized carbons (Fsp3) is 0.643. The number of halogens is 3. The molecule has 1 saturated heterocycles. The van der Waals surface area contributed by atoms with Crippen LogP contribution in [0.1, 0.15) is 30.3 Å². The first-order valence-electron chi connectivity index (χ1n) is 7.00. The summed E-state index contributed by atoms with van der Waals surface area (Å²) in [6, 6.07) is 2.67. The van der Waals surface area contributed by atoms with Gasteiger partial charge in [-0.25, -0.2) is 0 Å². The maximum Gasteiger partial charge on any atom is 0.390 e. The number of rotatable bonds is 3. The minimum atomic E-state index is -4.16. The Kier molecular flexibility index (Phi) is 4.92. The Morgan fingerprint density at radius 2 is 2.10 bits per heavy atom. The van der Waals surface area contributed by atoms with E-state index in [1.165, 1.54) is 6.26 Å². The Labute approximate surface area is 121 Å². The molecular formula is C14H19F3N2O2. The Morgan fingerprint density at radius 1 is 1.33 bits per heavy atom. The number of amides is 1. The minimum absolute atomic E-state index is 0.203. The summed E-state index contributed by atoms with van der Waals surface area (Å²) in [6.45, 7) is 3.55. The molecule has 1 aliphatic heterocycles. The van der Waals surface area contributed by atoms with Gasteiger partial charge in [0.1, 0.15) is 0 Å². The number of carbonyl (C=O) groups is 1. The molecule has 4 nitrogen and oxygen atoms in total. The Bertz CT molecular complexity index is 459. The van der Waals surface area contributed by atoms with Crippen molar-refractivity contribution in [1.82, 2.24) is 9.80 Å². The van der Waals surface area contributed by atoms with E-state index in [0.29, 0.717) is 32.6 Å². The first-order valence-corrected chi connectivity index (χ1v) is 7.00. The van der Waals surface area contributed by atoms with Gasteiger partial charge in [0.25, 0.3) is 5.91 Å². The minimum Gasteiger partial charge on any atom is -0.459 e. The van der Waals surface area contributed by atoms with E-state index in [9.17, 15) is 18.0 Å². The van der Waals surface area contributed by atoms with Crippen molar-refractivity contribution in [3.8, 4) is 0 Å². The number of furan rings is 1. The molecule has 0 aromatic carbocycles. The highest BCUT2D eigenvalue weighted by Crippen LogP contribution is 2.24. The zero-order valence-corrected chi connectivity index (χ0v) is 11.9. The van der Waals surface area contributed by atoms with Crippen molar-refractivity contribution in [1.29, 1.82) is 0 Å². The smallest absolute Gasteiger partial charge is 0.390 e. The molecule has 0 spiro atoms. The third-order valence-corrected chi connectivity index (χ3v) is 3.70. The van der Waals surface area contributed by atoms with Gasteiger partial charge in [0.15, 0.2) is 5.76 Å². The zero-order chi connectivity index (χ0) is 15.5. The molecule has 0 N–H and O–H groups in total. The number of alkyl halides is 3. The molecule has 1 amide bonds. The lowest BCUT2D eigenvalue weighted by Gasteiger charge is -2.28. The highest BCUT2D eigenvalue weighted by atomic mass is 19.4. The molecule has 0 radical (unpaired) electrons. The fourth-order valence-corrected chi connectivity index (χ4v) is 2.60. The monoisotopic (exact) mass is 304 g/mol. The van der Waals surface area contributed by atoms with Crippen LogP contribution in [0.2, 0.25) is 0 Å². The molecule has 1 aromatic rings. The van der Waals surface area contributed by atoms with Crippen molar-refractivity contribution in [3.63, 3.8) is 0 Å². The maximum atomic E-state index is 12.4. The second-order valence-corrected chi connectivity index (χ2v) is 5.33. The molecular weight excluding hydrogens is 285 g/mol. The van der Waals surface area contributed by atoms with Crippen LogP contribution in [0.3, 0.4) is 0 Å². The Morgan fingerprint density at radius 3 is 2.71 bits per heavy atom. The van der Waals surface area contributed by atoms with Crippen LogP contribution in [0.5, 0.6) is 0 Å². The molecule has 1 aromatic heterocycles. The van der Waals surface area contributed by atoms with Gasteiger partial charge in [0, 0.05) is 32.2 Å². The third kappa shape index (κ3) is 4.49. The molecule has 2 heterocycles. The van der Waals surface area contributed by atoms with Gasteiger partial charge in [-0.2, -0.15) is 13.2 Å². The van der Waals surface area contributed by atoms with Crippen molar-refractivity contribution >= 4 is 5.91 Å². The highest BCUT2D eigenvalue weighted by molar-refractivity contribution is 5.91. The van der Waals surface area contributed by atoms with Crippen molar-refractivity contribution in [2.45, 2.75) is 32.0 Å². The summed E-state index contributed by atoms with van der Waals surface area (Å²) in [5.74, 6) is 0.0668. The second kappa shape index (κ2) is 6.51. The largest absolute Gasteiger partial charge is 0.459 e. The van der Waals surface area contributed by atoms with Crippen LogP contribution < -0.4 is 0 Å². The van der Waals surface area contributed by atoms with E-state index in [1.807, 2.05) is 0 Å². The average Bonchev–Trinajstić information content (AvgIpc) is 2.80. The van der Waals surface area contributed by atoms with E-state index in [0.717, 1.165) is 0 Å². The maximum absolute atomic E-state index is 12.4. The zero-order valence-electron chi connectivity index (χ0n) is 11.9. The molecule has 7 heteroatoms. The van der Waals surface area contributed by atoms with Gasteiger partial charge in [0.2, 0.25) is 0 Å². The van der Waals surface area contributed by atoms with E-state index in [1.54, 1.807) is 28.9 Å². The summed E-state index contributed by atoms with van der Waals surface area (Å²) >= 11 is 0. The van der Waals surface area contributed by atoms with Gasteiger partial charge >= 0.3 is 6.18 Å². The molecule has 0 aliphatic carbocycles. The van der Waals surface area contributed by atoms with Crippen LogP contribution in [-0.4, -0.2) is 54.1 Å². The SMILES string of the molecule is CC(CC(F)(F)F)N1CCCN(C(=O)c2ccco2)CC1. The van der Waals surface area contributed by atoms with Crippen LogP contribution in [-0.2, 0) is 0 Å². The summed E-state index contributed by atoms with van der Waals surface area (Å²) in [5, 5.41) is 0. The molecule has 1 unspecified atom stereocenters. The van der Waals surface area contributed by atoms with E-state index in [2.05, 4.69) is 0 Å². The topological polar surface area (TPSA) is 36.7 Å². The summed E-state index contributed by atoms with van der Waals surface area (Å²) in [6.07, 6.45) is -2.88. The van der Waals surface area contributed by atoms with Gasteiger partial charge in [0.05, 0.1) is 12.7 Å². The lowest BCUT2D eigenvalue weighted by Crippen LogP contribution is -2.40. The van der Waals surface area contributed by atoms with E-state index in [-0.39, 0.29) is 11.7 Å². The average molecular weight is 304 g/mol. The first kappa shape index (κ1) is 15.9. The fourth-order valence-electron chi connectivity index (χ4n) is 2.60. The normalized spacial score (nSPS) is 19.3. The molecule has 0 saturated carbocycles. The van der Waals surface area contributed by atoms with Crippen molar-refractivity contribution in [2.24, 2.45) is 0 Å². The third-order valence-electron chi connectivity index (χ3n) is 3.70. The molecule has 118 valence electrons. The number of hydrogen-bond donors (Lipinski definition) is 0. The predicted molar refractivity (Wildman–Crippen MR) is 70.9 cm³/mol. The van der Waals surface area contributed by atoms with Crippen LogP contribution in [0.25, 0.3) is 0 Å². The van der Waals surface area contributed by atoms with Crippen molar-refractivity contribution in [3.05, 3.63) is 24.2 Å². The van der Waals surface area contributed by atoms with Crippen LogP contribution in [0.15, 0.2) is 22.8 Å². The lowest BCUT2D eigenvalue weighted by molar-refractivity contribution is -0.145. The number of nitrogens with zero attached hydrogens (tertiary/aromatic N) is 2. The second-order valence-electron chi connectivity index (χ2n) is 5.33. The first-order chi connectivity index (χ1) is 9.87. The summed E-state index contributed by atoms with van der Waals surface area (Å²) < 4.78 is 42.4. The summed E-state index contributed by atoms with van der Waals surface area (Å²) in [5.41, 5.74) is 0. The Balaban J connectivity index is 1.91. The van der Waals surface area contributed by atoms with E-state index < -0.39 is 18.6 Å². The summed E-state index contributed by atoms with van der Waals surface area (Å²) in [7, 11) is 0. The molecule has 21 heavy (non-hydrogen) atoms. The quantitative estimate of drug-likeness (QED) is 0.861. The lowest BCUT2D eigenvalue weighted by atomic mass is 10.2. The Hall–Kier alpha value is -1.50. The molecule has 0 bridgehead atoms. The van der Waals surface area contributed by atoms with Gasteiger partial charge in [-0.1, -0.05) is 0 Å². The van der Waals surface area contributed by atoms with Crippen molar-refractivity contribution < 1.29 is 22.4 Å². The standard InChI is InChI=1S/C14H19F3N2O2/c1-11(10-14(15,16)17)18-5-3-6-19(8-7-18)13(20)12-4-2-9-21-12/h2,4,9,11H,3,5-8,10H2,1H3. The van der Waals surface area contributed by atoms with Gasteiger partial charge in [-0.3, -0.25) is 9.69 Å². The van der Waals surface area contributed by atoms with Gasteiger partial charge in [-0.05, 0) is 25.5 Å². The molecule has 1 atom stereocenters. The van der Waals surface area contributed by atoms with Crippen LogP contribution >= 0.6 is 0 Å². The summed E-state index contributed by atoms with van der Waals surface area (Å²) in [4.78, 5) is 15.6. The van der Waals surface area contributed by atoms with Crippen LogP contribution in [0, 0.1) is 0 Å². The van der Waals surface area contributed by atoms with E-state index in [4.69, 9.17) is 4.42 Å². The van der Waals surface area contributed by atoms with Gasteiger partial charge in [-0.15, -0.1) is 0 Å².